The Morgan fingerprint density at radius 2 is 2.21 bits per heavy atom. The van der Waals surface area contributed by atoms with Gasteiger partial charge < -0.3 is 16.0 Å². The standard InChI is InChI=1S/C18H22N6/c1-2-12-5-3-6-14-13(11-22-17(12)14)10-21-8-4-7-16-15(9-19)18(20)24-23-16/h3,5-6,11,21-22H,2,4,7-8,10H2,1H3,(H3,20,23,24). The number of H-pyrrole nitrogens is 2. The molecule has 124 valence electrons. The van der Waals surface area contributed by atoms with E-state index in [1.54, 1.807) is 0 Å². The number of aryl methyl sites for hydroxylation is 2. The molecule has 0 aliphatic carbocycles. The van der Waals surface area contributed by atoms with Crippen LogP contribution in [0.2, 0.25) is 0 Å². The molecule has 0 spiro atoms. The second kappa shape index (κ2) is 7.20. The zero-order chi connectivity index (χ0) is 16.9. The predicted octanol–water partition coefficient (Wildman–Crippen LogP) is 2.63. The van der Waals surface area contributed by atoms with E-state index in [0.717, 1.165) is 38.0 Å². The maximum Gasteiger partial charge on any atom is 0.163 e. The number of aromatic amines is 2. The van der Waals surface area contributed by atoms with Gasteiger partial charge in [-0.1, -0.05) is 25.1 Å². The van der Waals surface area contributed by atoms with Crippen LogP contribution in [0.5, 0.6) is 0 Å². The van der Waals surface area contributed by atoms with Crippen molar-refractivity contribution < 1.29 is 0 Å². The molecular weight excluding hydrogens is 300 g/mol. The molecule has 6 nitrogen and oxygen atoms in total. The van der Waals surface area contributed by atoms with E-state index in [-0.39, 0.29) is 5.82 Å². The van der Waals surface area contributed by atoms with Crippen LogP contribution in [0.4, 0.5) is 5.82 Å². The summed E-state index contributed by atoms with van der Waals surface area (Å²) in [6.07, 6.45) is 4.78. The number of benzene rings is 1. The van der Waals surface area contributed by atoms with Gasteiger partial charge in [0, 0.05) is 23.6 Å². The lowest BCUT2D eigenvalue weighted by Crippen LogP contribution is -2.15. The predicted molar refractivity (Wildman–Crippen MR) is 95.4 cm³/mol. The summed E-state index contributed by atoms with van der Waals surface area (Å²) in [7, 11) is 0. The maximum atomic E-state index is 9.05. The number of anilines is 1. The second-order valence-corrected chi connectivity index (χ2v) is 5.86. The smallest absolute Gasteiger partial charge is 0.163 e. The SMILES string of the molecule is CCc1cccc2c(CNCCCc3[nH]nc(N)c3C#N)c[nH]c12. The topological polar surface area (TPSA) is 106 Å². The fraction of sp³-hybridized carbons (Fsp3) is 0.333. The van der Waals surface area contributed by atoms with Gasteiger partial charge in [-0.3, -0.25) is 5.10 Å². The van der Waals surface area contributed by atoms with Gasteiger partial charge in [0.05, 0.1) is 5.69 Å². The number of para-hydroxylation sites is 1. The molecule has 3 aromatic rings. The Morgan fingerprint density at radius 3 is 3.00 bits per heavy atom. The lowest BCUT2D eigenvalue weighted by atomic mass is 10.1. The molecule has 3 rings (SSSR count). The molecule has 1 aromatic carbocycles. The Labute approximate surface area is 141 Å². The van der Waals surface area contributed by atoms with Crippen molar-refractivity contribution in [2.24, 2.45) is 0 Å². The normalized spacial score (nSPS) is 11.0. The molecule has 0 saturated carbocycles. The highest BCUT2D eigenvalue weighted by atomic mass is 15.2. The third-order valence-electron chi connectivity index (χ3n) is 4.35. The summed E-state index contributed by atoms with van der Waals surface area (Å²) >= 11 is 0. The first-order valence-corrected chi connectivity index (χ1v) is 8.26. The van der Waals surface area contributed by atoms with Gasteiger partial charge in [-0.05, 0) is 36.9 Å². The van der Waals surface area contributed by atoms with Crippen molar-refractivity contribution in [3.63, 3.8) is 0 Å². The van der Waals surface area contributed by atoms with Gasteiger partial charge in [0.25, 0.3) is 0 Å². The highest BCUT2D eigenvalue weighted by Crippen LogP contribution is 2.22. The number of nitrogens with two attached hydrogens (primary N) is 1. The van der Waals surface area contributed by atoms with Gasteiger partial charge in [0.15, 0.2) is 5.82 Å². The van der Waals surface area contributed by atoms with E-state index in [4.69, 9.17) is 11.0 Å². The van der Waals surface area contributed by atoms with Crippen molar-refractivity contribution in [3.05, 3.63) is 46.8 Å². The number of nitrogens with one attached hydrogen (secondary N) is 3. The average molecular weight is 322 g/mol. The van der Waals surface area contributed by atoms with Crippen molar-refractivity contribution in [2.45, 2.75) is 32.7 Å². The zero-order valence-electron chi connectivity index (χ0n) is 13.8. The highest BCUT2D eigenvalue weighted by Gasteiger charge is 2.09. The minimum atomic E-state index is 0.283. The number of nitrogen functional groups attached to an aromatic ring is 1. The maximum absolute atomic E-state index is 9.05. The molecular formula is C18H22N6. The minimum Gasteiger partial charge on any atom is -0.381 e. The van der Waals surface area contributed by atoms with Crippen LogP contribution >= 0.6 is 0 Å². The van der Waals surface area contributed by atoms with Gasteiger partial charge in [0.2, 0.25) is 0 Å². The summed E-state index contributed by atoms with van der Waals surface area (Å²) in [6.45, 7) is 3.86. The van der Waals surface area contributed by atoms with Crippen LogP contribution in [0.3, 0.4) is 0 Å². The van der Waals surface area contributed by atoms with E-state index in [9.17, 15) is 0 Å². The van der Waals surface area contributed by atoms with E-state index < -0.39 is 0 Å². The van der Waals surface area contributed by atoms with Gasteiger partial charge in [0.1, 0.15) is 11.6 Å². The fourth-order valence-electron chi connectivity index (χ4n) is 3.03. The van der Waals surface area contributed by atoms with Crippen LogP contribution in [0.15, 0.2) is 24.4 Å². The molecule has 5 N–H and O–H groups in total. The number of nitriles is 1. The van der Waals surface area contributed by atoms with Crippen molar-refractivity contribution in [1.82, 2.24) is 20.5 Å². The summed E-state index contributed by atoms with van der Waals surface area (Å²) < 4.78 is 0. The van der Waals surface area contributed by atoms with E-state index >= 15 is 0 Å². The van der Waals surface area contributed by atoms with Crippen molar-refractivity contribution >= 4 is 16.7 Å². The van der Waals surface area contributed by atoms with Gasteiger partial charge in [-0.2, -0.15) is 10.4 Å². The quantitative estimate of drug-likeness (QED) is 0.502. The largest absolute Gasteiger partial charge is 0.381 e. The van der Waals surface area contributed by atoms with E-state index in [0.29, 0.717) is 5.56 Å². The lowest BCUT2D eigenvalue weighted by Gasteiger charge is -2.04. The molecule has 0 bridgehead atoms. The van der Waals surface area contributed by atoms with Gasteiger partial charge in [-0.25, -0.2) is 0 Å². The lowest BCUT2D eigenvalue weighted by molar-refractivity contribution is 0.646. The van der Waals surface area contributed by atoms with Crippen LogP contribution in [-0.2, 0) is 19.4 Å². The van der Waals surface area contributed by atoms with Crippen molar-refractivity contribution in [1.29, 1.82) is 5.26 Å². The van der Waals surface area contributed by atoms with Gasteiger partial charge >= 0.3 is 0 Å². The second-order valence-electron chi connectivity index (χ2n) is 5.86. The Kier molecular flexibility index (Phi) is 4.82. The van der Waals surface area contributed by atoms with Crippen LogP contribution in [0.25, 0.3) is 10.9 Å². The number of fused-ring (bicyclic) bond motifs is 1. The highest BCUT2D eigenvalue weighted by molar-refractivity contribution is 5.86. The van der Waals surface area contributed by atoms with Gasteiger partial charge in [-0.15, -0.1) is 0 Å². The average Bonchev–Trinajstić information content (AvgIpc) is 3.17. The first-order chi connectivity index (χ1) is 11.7. The Morgan fingerprint density at radius 1 is 1.33 bits per heavy atom. The summed E-state index contributed by atoms with van der Waals surface area (Å²) in [5.41, 5.74) is 10.8. The summed E-state index contributed by atoms with van der Waals surface area (Å²) in [4.78, 5) is 3.39. The first-order valence-electron chi connectivity index (χ1n) is 8.26. The number of rotatable bonds is 7. The Hall–Kier alpha value is -2.78. The van der Waals surface area contributed by atoms with E-state index in [1.807, 2.05) is 0 Å². The molecule has 0 aliphatic rings. The zero-order valence-corrected chi connectivity index (χ0v) is 13.8. The first kappa shape index (κ1) is 16.1. The number of nitrogens with zero attached hydrogens (tertiary/aromatic N) is 2. The van der Waals surface area contributed by atoms with E-state index in [2.05, 4.69) is 57.9 Å². The fourth-order valence-corrected chi connectivity index (χ4v) is 3.03. The molecule has 24 heavy (non-hydrogen) atoms. The molecule has 2 heterocycles. The number of hydrogen-bond donors (Lipinski definition) is 4. The third kappa shape index (κ3) is 3.12. The Bertz CT molecular complexity index is 867. The third-order valence-corrected chi connectivity index (χ3v) is 4.35. The molecule has 0 radical (unpaired) electrons. The molecule has 6 heteroatoms. The summed E-state index contributed by atoms with van der Waals surface area (Å²) in [5.74, 6) is 0.283. The molecule has 0 unspecified atom stereocenters. The summed E-state index contributed by atoms with van der Waals surface area (Å²) in [5, 5.41) is 20.5. The van der Waals surface area contributed by atoms with Crippen molar-refractivity contribution in [3.8, 4) is 6.07 Å². The molecule has 0 saturated heterocycles. The molecule has 0 fully saturated rings. The molecule has 0 atom stereocenters. The van der Waals surface area contributed by atoms with Crippen LogP contribution in [-0.4, -0.2) is 21.7 Å². The number of hydrogen-bond acceptors (Lipinski definition) is 4. The van der Waals surface area contributed by atoms with Crippen LogP contribution < -0.4 is 11.1 Å². The minimum absolute atomic E-state index is 0.283. The number of aromatic nitrogens is 3. The Balaban J connectivity index is 1.53. The van der Waals surface area contributed by atoms with Crippen LogP contribution in [0.1, 0.15) is 35.7 Å². The summed E-state index contributed by atoms with van der Waals surface area (Å²) in [6, 6.07) is 8.54. The molecule has 2 aromatic heterocycles. The molecule has 0 amide bonds. The van der Waals surface area contributed by atoms with Crippen molar-refractivity contribution in [2.75, 3.05) is 12.3 Å². The molecule has 0 aliphatic heterocycles. The van der Waals surface area contributed by atoms with Crippen LogP contribution in [0, 0.1) is 11.3 Å². The monoisotopic (exact) mass is 322 g/mol. The van der Waals surface area contributed by atoms with E-state index in [1.165, 1.54) is 22.0 Å².